The Morgan fingerprint density at radius 1 is 1.35 bits per heavy atom. The van der Waals surface area contributed by atoms with E-state index in [0.29, 0.717) is 5.56 Å². The first kappa shape index (κ1) is 14.8. The zero-order valence-electron chi connectivity index (χ0n) is 11.4. The minimum atomic E-state index is -0.551. The summed E-state index contributed by atoms with van der Waals surface area (Å²) in [6, 6.07) is 0.986. The fraction of sp³-hybridized carbons (Fsp3) is 0.500. The maximum Gasteiger partial charge on any atom is 0.253 e. The van der Waals surface area contributed by atoms with E-state index in [9.17, 15) is 9.59 Å². The molecule has 0 saturated carbocycles. The number of likely N-dealkylation sites (tertiary alicyclic amines) is 1. The SMILES string of the molecule is CC(NC(=O)c1ccncc1Cl)C(=O)N1CCCCC1. The van der Waals surface area contributed by atoms with Crippen LogP contribution in [-0.2, 0) is 4.79 Å². The lowest BCUT2D eigenvalue weighted by Gasteiger charge is -2.29. The van der Waals surface area contributed by atoms with E-state index in [0.717, 1.165) is 32.4 Å². The standard InChI is InChI=1S/C14H18ClN3O2/c1-10(14(20)18-7-3-2-4-8-18)17-13(19)11-5-6-16-9-12(11)15/h5-6,9-10H,2-4,7-8H2,1H3,(H,17,19). The first-order valence-electron chi connectivity index (χ1n) is 6.79. The number of carbonyl (C=O) groups excluding carboxylic acids is 2. The highest BCUT2D eigenvalue weighted by atomic mass is 35.5. The van der Waals surface area contributed by atoms with Gasteiger partial charge in [0.2, 0.25) is 5.91 Å². The summed E-state index contributed by atoms with van der Waals surface area (Å²) in [5.41, 5.74) is 0.333. The van der Waals surface area contributed by atoms with E-state index in [1.54, 1.807) is 6.92 Å². The van der Waals surface area contributed by atoms with E-state index in [-0.39, 0.29) is 16.8 Å². The van der Waals surface area contributed by atoms with Gasteiger partial charge < -0.3 is 10.2 Å². The Morgan fingerprint density at radius 3 is 2.70 bits per heavy atom. The highest BCUT2D eigenvalue weighted by molar-refractivity contribution is 6.33. The third-order valence-electron chi connectivity index (χ3n) is 3.40. The van der Waals surface area contributed by atoms with E-state index in [1.165, 1.54) is 18.5 Å². The summed E-state index contributed by atoms with van der Waals surface area (Å²) in [6.45, 7) is 3.24. The van der Waals surface area contributed by atoms with Crippen molar-refractivity contribution in [3.05, 3.63) is 29.0 Å². The van der Waals surface area contributed by atoms with Crippen LogP contribution in [0.5, 0.6) is 0 Å². The number of rotatable bonds is 3. The lowest BCUT2D eigenvalue weighted by Crippen LogP contribution is -2.48. The van der Waals surface area contributed by atoms with Gasteiger partial charge in [-0.3, -0.25) is 14.6 Å². The topological polar surface area (TPSA) is 62.3 Å². The smallest absolute Gasteiger partial charge is 0.253 e. The molecule has 1 fully saturated rings. The number of hydrogen-bond acceptors (Lipinski definition) is 3. The molecule has 1 aliphatic heterocycles. The molecule has 0 aromatic carbocycles. The quantitative estimate of drug-likeness (QED) is 0.926. The van der Waals surface area contributed by atoms with E-state index < -0.39 is 6.04 Å². The second-order valence-corrected chi connectivity index (χ2v) is 5.34. The summed E-state index contributed by atoms with van der Waals surface area (Å²) in [5.74, 6) is -0.390. The van der Waals surface area contributed by atoms with Crippen LogP contribution in [0.25, 0.3) is 0 Å². The highest BCUT2D eigenvalue weighted by Crippen LogP contribution is 2.14. The summed E-state index contributed by atoms with van der Waals surface area (Å²) in [7, 11) is 0. The molecule has 20 heavy (non-hydrogen) atoms. The van der Waals surface area contributed by atoms with Crippen molar-refractivity contribution >= 4 is 23.4 Å². The number of nitrogens with zero attached hydrogens (tertiary/aromatic N) is 2. The highest BCUT2D eigenvalue weighted by Gasteiger charge is 2.24. The molecule has 0 spiro atoms. The lowest BCUT2D eigenvalue weighted by molar-refractivity contribution is -0.133. The zero-order chi connectivity index (χ0) is 14.5. The predicted octanol–water partition coefficient (Wildman–Crippen LogP) is 1.87. The van der Waals surface area contributed by atoms with E-state index in [2.05, 4.69) is 10.3 Å². The van der Waals surface area contributed by atoms with E-state index in [1.807, 2.05) is 4.90 Å². The molecule has 1 unspecified atom stereocenters. The van der Waals surface area contributed by atoms with Gasteiger partial charge in [0.15, 0.2) is 0 Å². The average Bonchev–Trinajstić information content (AvgIpc) is 2.47. The number of aromatic nitrogens is 1. The molecule has 2 amide bonds. The molecule has 2 rings (SSSR count). The molecule has 0 radical (unpaired) electrons. The van der Waals surface area contributed by atoms with Crippen LogP contribution in [0.3, 0.4) is 0 Å². The summed E-state index contributed by atoms with van der Waals surface area (Å²) in [5, 5.41) is 2.97. The van der Waals surface area contributed by atoms with Crippen LogP contribution < -0.4 is 5.32 Å². The van der Waals surface area contributed by atoms with Crippen LogP contribution in [0.15, 0.2) is 18.5 Å². The molecule has 6 heteroatoms. The van der Waals surface area contributed by atoms with Crippen molar-refractivity contribution in [1.29, 1.82) is 0 Å². The fourth-order valence-electron chi connectivity index (χ4n) is 2.28. The zero-order valence-corrected chi connectivity index (χ0v) is 12.2. The van der Waals surface area contributed by atoms with Crippen LogP contribution in [0.1, 0.15) is 36.5 Å². The molecule has 1 aromatic rings. The van der Waals surface area contributed by atoms with Gasteiger partial charge >= 0.3 is 0 Å². The van der Waals surface area contributed by atoms with Gasteiger partial charge in [0.05, 0.1) is 10.6 Å². The Bertz CT molecular complexity index is 501. The lowest BCUT2D eigenvalue weighted by atomic mass is 10.1. The number of halogens is 1. The van der Waals surface area contributed by atoms with Gasteiger partial charge in [-0.05, 0) is 32.3 Å². The Hall–Kier alpha value is -1.62. The normalized spacial score (nSPS) is 16.6. The van der Waals surface area contributed by atoms with Gasteiger partial charge in [-0.2, -0.15) is 0 Å². The van der Waals surface area contributed by atoms with Crippen molar-refractivity contribution in [3.8, 4) is 0 Å². The van der Waals surface area contributed by atoms with E-state index in [4.69, 9.17) is 11.6 Å². The van der Waals surface area contributed by atoms with Crippen molar-refractivity contribution < 1.29 is 9.59 Å². The Kier molecular flexibility index (Phi) is 4.95. The third-order valence-corrected chi connectivity index (χ3v) is 3.70. The second kappa shape index (κ2) is 6.70. The first-order valence-corrected chi connectivity index (χ1v) is 7.16. The minimum Gasteiger partial charge on any atom is -0.341 e. The molecule has 0 aliphatic carbocycles. The number of piperidine rings is 1. The molecule has 2 heterocycles. The molecule has 5 nitrogen and oxygen atoms in total. The van der Waals surface area contributed by atoms with Gasteiger partial charge in [-0.1, -0.05) is 11.6 Å². The van der Waals surface area contributed by atoms with Gasteiger partial charge in [0.1, 0.15) is 6.04 Å². The number of carbonyl (C=O) groups is 2. The molecule has 0 bridgehead atoms. The van der Waals surface area contributed by atoms with Crippen LogP contribution in [0.2, 0.25) is 5.02 Å². The fourth-order valence-corrected chi connectivity index (χ4v) is 2.49. The summed E-state index contributed by atoms with van der Waals surface area (Å²) in [6.07, 6.45) is 6.13. The summed E-state index contributed by atoms with van der Waals surface area (Å²) < 4.78 is 0. The van der Waals surface area contributed by atoms with Crippen LogP contribution in [0.4, 0.5) is 0 Å². The number of hydrogen-bond donors (Lipinski definition) is 1. The summed E-state index contributed by atoms with van der Waals surface area (Å²) >= 11 is 5.91. The molecule has 108 valence electrons. The minimum absolute atomic E-state index is 0.0387. The molecular formula is C14H18ClN3O2. The average molecular weight is 296 g/mol. The van der Waals surface area contributed by atoms with Crippen molar-refractivity contribution in [2.75, 3.05) is 13.1 Å². The first-order chi connectivity index (χ1) is 9.59. The van der Waals surface area contributed by atoms with Crippen molar-refractivity contribution in [3.63, 3.8) is 0 Å². The maximum atomic E-state index is 12.2. The molecular weight excluding hydrogens is 278 g/mol. The second-order valence-electron chi connectivity index (χ2n) is 4.94. The Morgan fingerprint density at radius 2 is 2.05 bits per heavy atom. The predicted molar refractivity (Wildman–Crippen MR) is 76.6 cm³/mol. The molecule has 1 aliphatic rings. The van der Waals surface area contributed by atoms with E-state index >= 15 is 0 Å². The number of amides is 2. The van der Waals surface area contributed by atoms with Crippen LogP contribution in [-0.4, -0.2) is 40.8 Å². The van der Waals surface area contributed by atoms with Gasteiger partial charge in [-0.25, -0.2) is 0 Å². The molecule has 1 atom stereocenters. The molecule has 1 N–H and O–H groups in total. The van der Waals surface area contributed by atoms with Gasteiger partial charge in [-0.15, -0.1) is 0 Å². The van der Waals surface area contributed by atoms with Crippen molar-refractivity contribution in [2.45, 2.75) is 32.2 Å². The Labute approximate surface area is 123 Å². The number of nitrogens with one attached hydrogen (secondary N) is 1. The maximum absolute atomic E-state index is 12.2. The van der Waals surface area contributed by atoms with Gasteiger partial charge in [0.25, 0.3) is 5.91 Å². The van der Waals surface area contributed by atoms with Crippen molar-refractivity contribution in [1.82, 2.24) is 15.2 Å². The van der Waals surface area contributed by atoms with Crippen LogP contribution in [0, 0.1) is 0 Å². The van der Waals surface area contributed by atoms with Gasteiger partial charge in [0, 0.05) is 25.5 Å². The largest absolute Gasteiger partial charge is 0.341 e. The molecule has 1 saturated heterocycles. The Balaban J connectivity index is 1.97. The molecule has 1 aromatic heterocycles. The number of pyridine rings is 1. The van der Waals surface area contributed by atoms with Crippen LogP contribution >= 0.6 is 11.6 Å². The third kappa shape index (κ3) is 3.48. The van der Waals surface area contributed by atoms with Crippen molar-refractivity contribution in [2.24, 2.45) is 0 Å². The summed E-state index contributed by atoms with van der Waals surface area (Å²) in [4.78, 5) is 29.9. The monoisotopic (exact) mass is 295 g/mol.